The van der Waals surface area contributed by atoms with Crippen LogP contribution in [0.4, 0.5) is 8.78 Å². The quantitative estimate of drug-likeness (QED) is 0.589. The number of nitrogens with zero attached hydrogens (tertiary/aromatic N) is 1. The minimum Gasteiger partial charge on any atom is -0.487 e. The first-order valence-electron chi connectivity index (χ1n) is 6.28. The van der Waals surface area contributed by atoms with Crippen molar-refractivity contribution in [2.45, 2.75) is 13.8 Å². The molecule has 21 heavy (non-hydrogen) atoms. The first kappa shape index (κ1) is 15.4. The van der Waals surface area contributed by atoms with Crippen molar-refractivity contribution >= 4 is 11.6 Å². The Morgan fingerprint density at radius 1 is 1.29 bits per heavy atom. The zero-order valence-corrected chi connectivity index (χ0v) is 12.5. The van der Waals surface area contributed by atoms with Crippen LogP contribution in [-0.4, -0.2) is 11.6 Å². The van der Waals surface area contributed by atoms with Crippen molar-refractivity contribution in [3.63, 3.8) is 0 Å². The second-order valence-electron chi connectivity index (χ2n) is 4.81. The van der Waals surface area contributed by atoms with Crippen molar-refractivity contribution in [2.24, 2.45) is 0 Å². The number of aromatic nitrogens is 1. The van der Waals surface area contributed by atoms with Gasteiger partial charge in [0.15, 0.2) is 11.6 Å². The Bertz CT molecular complexity index is 701. The van der Waals surface area contributed by atoms with Gasteiger partial charge >= 0.3 is 0 Å². The fourth-order valence-corrected chi connectivity index (χ4v) is 2.09. The van der Waals surface area contributed by atoms with Gasteiger partial charge in [-0.05, 0) is 49.2 Å². The Hall–Kier alpha value is -1.94. The normalized spacial score (nSPS) is 10.5. The van der Waals surface area contributed by atoms with Crippen LogP contribution >= 0.6 is 11.6 Å². The molecule has 110 valence electrons. The summed E-state index contributed by atoms with van der Waals surface area (Å²) in [4.78, 5) is 4.17. The number of rotatable bonds is 4. The molecule has 0 fully saturated rings. The minimum absolute atomic E-state index is 0.259. The van der Waals surface area contributed by atoms with Gasteiger partial charge in [0.05, 0.1) is 0 Å². The van der Waals surface area contributed by atoms with Gasteiger partial charge in [0.25, 0.3) is 0 Å². The maximum atomic E-state index is 13.4. The largest absolute Gasteiger partial charge is 0.487 e. The maximum Gasteiger partial charge on any atom is 0.159 e. The summed E-state index contributed by atoms with van der Waals surface area (Å²) in [6.45, 7) is 7.71. The molecule has 2 aromatic rings. The third-order valence-corrected chi connectivity index (χ3v) is 2.98. The van der Waals surface area contributed by atoms with Crippen molar-refractivity contribution < 1.29 is 13.5 Å². The number of halogens is 3. The highest BCUT2D eigenvalue weighted by molar-refractivity contribution is 6.29. The average Bonchev–Trinajstić information content (AvgIpc) is 2.40. The van der Waals surface area contributed by atoms with E-state index in [1.807, 2.05) is 13.8 Å². The number of pyridine rings is 1. The number of hydrogen-bond donors (Lipinski definition) is 0. The molecule has 0 radical (unpaired) electrons. The summed E-state index contributed by atoms with van der Waals surface area (Å²) < 4.78 is 32.2. The zero-order chi connectivity index (χ0) is 15.6. The first-order valence-corrected chi connectivity index (χ1v) is 6.66. The van der Waals surface area contributed by atoms with Gasteiger partial charge in [-0.2, -0.15) is 0 Å². The fraction of sp³-hybridized carbons (Fsp3) is 0.188. The summed E-state index contributed by atoms with van der Waals surface area (Å²) in [5.74, 6) is -1.38. The van der Waals surface area contributed by atoms with Crippen molar-refractivity contribution in [3.05, 3.63) is 58.8 Å². The summed E-state index contributed by atoms with van der Waals surface area (Å²) in [6.07, 6.45) is 0. The van der Waals surface area contributed by atoms with Gasteiger partial charge in [0.1, 0.15) is 23.2 Å². The van der Waals surface area contributed by atoms with Gasteiger partial charge in [-0.3, -0.25) is 0 Å². The number of ether oxygens (including phenoxy) is 1. The van der Waals surface area contributed by atoms with Gasteiger partial charge < -0.3 is 4.74 Å². The molecule has 5 heteroatoms. The van der Waals surface area contributed by atoms with Gasteiger partial charge in [0, 0.05) is 5.56 Å². The van der Waals surface area contributed by atoms with Gasteiger partial charge in [-0.15, -0.1) is 0 Å². The van der Waals surface area contributed by atoms with Gasteiger partial charge in [-0.1, -0.05) is 18.2 Å². The lowest BCUT2D eigenvalue weighted by Gasteiger charge is -2.14. The predicted molar refractivity (Wildman–Crippen MR) is 79.6 cm³/mol. The SMILES string of the molecule is C=C(C)COc1c(C)cc(Cl)nc1-c1ccc(F)c(F)c1. The topological polar surface area (TPSA) is 22.1 Å². The van der Waals surface area contributed by atoms with E-state index < -0.39 is 11.6 Å². The van der Waals surface area contributed by atoms with E-state index in [9.17, 15) is 8.78 Å². The Morgan fingerprint density at radius 3 is 2.62 bits per heavy atom. The van der Waals surface area contributed by atoms with Crippen molar-refractivity contribution in [3.8, 4) is 17.0 Å². The Kier molecular flexibility index (Phi) is 4.58. The molecule has 0 spiro atoms. The van der Waals surface area contributed by atoms with Crippen LogP contribution in [0.25, 0.3) is 11.3 Å². The Morgan fingerprint density at radius 2 is 2.00 bits per heavy atom. The third-order valence-electron chi connectivity index (χ3n) is 2.78. The lowest BCUT2D eigenvalue weighted by molar-refractivity contribution is 0.350. The van der Waals surface area contributed by atoms with Crippen LogP contribution in [0.1, 0.15) is 12.5 Å². The molecule has 2 rings (SSSR count). The molecule has 0 aliphatic carbocycles. The van der Waals surface area contributed by atoms with E-state index in [4.69, 9.17) is 16.3 Å². The Labute approximate surface area is 127 Å². The van der Waals surface area contributed by atoms with E-state index >= 15 is 0 Å². The highest BCUT2D eigenvalue weighted by Gasteiger charge is 2.15. The van der Waals surface area contributed by atoms with Crippen LogP contribution in [0, 0.1) is 18.6 Å². The number of benzene rings is 1. The summed E-state index contributed by atoms with van der Waals surface area (Å²) in [6, 6.07) is 5.20. The molecule has 0 N–H and O–H groups in total. The monoisotopic (exact) mass is 309 g/mol. The van der Waals surface area contributed by atoms with Gasteiger partial charge in [0.2, 0.25) is 0 Å². The predicted octanol–water partition coefficient (Wildman–Crippen LogP) is 4.94. The van der Waals surface area contributed by atoms with E-state index in [0.717, 1.165) is 23.3 Å². The molecule has 0 saturated heterocycles. The fourth-order valence-electron chi connectivity index (χ4n) is 1.84. The van der Waals surface area contributed by atoms with Crippen molar-refractivity contribution in [2.75, 3.05) is 6.61 Å². The maximum absolute atomic E-state index is 13.4. The average molecular weight is 310 g/mol. The molecule has 1 heterocycles. The lowest BCUT2D eigenvalue weighted by atomic mass is 10.1. The molecule has 0 saturated carbocycles. The van der Waals surface area contributed by atoms with Crippen LogP contribution in [0.3, 0.4) is 0 Å². The molecule has 0 bridgehead atoms. The molecule has 1 aromatic carbocycles. The van der Waals surface area contributed by atoms with Crippen LogP contribution in [-0.2, 0) is 0 Å². The molecular weight excluding hydrogens is 296 g/mol. The van der Waals surface area contributed by atoms with E-state index in [2.05, 4.69) is 11.6 Å². The summed E-state index contributed by atoms with van der Waals surface area (Å²) >= 11 is 5.95. The molecule has 0 aliphatic rings. The Balaban J connectivity index is 2.54. The van der Waals surface area contributed by atoms with Crippen LogP contribution < -0.4 is 4.74 Å². The molecule has 0 amide bonds. The number of aryl methyl sites for hydroxylation is 1. The van der Waals surface area contributed by atoms with Crippen LogP contribution in [0.2, 0.25) is 5.15 Å². The lowest BCUT2D eigenvalue weighted by Crippen LogP contribution is -2.03. The molecule has 0 atom stereocenters. The zero-order valence-electron chi connectivity index (χ0n) is 11.7. The molecular formula is C16H14ClF2NO. The second kappa shape index (κ2) is 6.22. The van der Waals surface area contributed by atoms with Gasteiger partial charge in [-0.25, -0.2) is 13.8 Å². The van der Waals surface area contributed by atoms with E-state index in [1.165, 1.54) is 6.07 Å². The van der Waals surface area contributed by atoms with Crippen LogP contribution in [0.15, 0.2) is 36.4 Å². The van der Waals surface area contributed by atoms with E-state index in [0.29, 0.717) is 23.6 Å². The van der Waals surface area contributed by atoms with E-state index in [-0.39, 0.29) is 5.15 Å². The second-order valence-corrected chi connectivity index (χ2v) is 5.20. The standard InChI is InChI=1S/C16H14ClF2NO/c1-9(2)8-21-16-10(3)6-14(17)20-15(16)11-4-5-12(18)13(19)7-11/h4-7H,1,8H2,2-3H3. The highest BCUT2D eigenvalue weighted by Crippen LogP contribution is 2.34. The molecule has 2 nitrogen and oxygen atoms in total. The summed E-state index contributed by atoms with van der Waals surface area (Å²) in [7, 11) is 0. The van der Waals surface area contributed by atoms with Crippen molar-refractivity contribution in [1.29, 1.82) is 0 Å². The third kappa shape index (κ3) is 3.58. The number of hydrogen-bond acceptors (Lipinski definition) is 2. The smallest absolute Gasteiger partial charge is 0.159 e. The van der Waals surface area contributed by atoms with Crippen LogP contribution in [0.5, 0.6) is 5.75 Å². The summed E-state index contributed by atoms with van der Waals surface area (Å²) in [5, 5.41) is 0.259. The molecule has 1 aromatic heterocycles. The molecule has 0 unspecified atom stereocenters. The summed E-state index contributed by atoms with van der Waals surface area (Å²) in [5.41, 5.74) is 2.37. The first-order chi connectivity index (χ1) is 9.88. The highest BCUT2D eigenvalue weighted by atomic mass is 35.5. The van der Waals surface area contributed by atoms with Crippen molar-refractivity contribution in [1.82, 2.24) is 4.98 Å². The minimum atomic E-state index is -0.947. The molecule has 0 aliphatic heterocycles. The van der Waals surface area contributed by atoms with E-state index in [1.54, 1.807) is 6.07 Å².